The molecule has 1 amide bonds. The van der Waals surface area contributed by atoms with Crippen molar-refractivity contribution in [3.8, 4) is 0 Å². The van der Waals surface area contributed by atoms with E-state index in [4.69, 9.17) is 4.42 Å². The molecule has 0 aliphatic heterocycles. The van der Waals surface area contributed by atoms with Crippen molar-refractivity contribution in [2.75, 3.05) is 0 Å². The van der Waals surface area contributed by atoms with Crippen LogP contribution in [-0.2, 0) is 17.9 Å². The quantitative estimate of drug-likeness (QED) is 0.436. The maximum atomic E-state index is 13.7. The molecule has 3 aromatic rings. The van der Waals surface area contributed by atoms with Crippen LogP contribution in [0.25, 0.3) is 11.1 Å². The van der Waals surface area contributed by atoms with Crippen LogP contribution in [0, 0.1) is 15.9 Å². The summed E-state index contributed by atoms with van der Waals surface area (Å²) in [5.74, 6) is -1.34. The maximum Gasteiger partial charge on any atom is 0.419 e. The van der Waals surface area contributed by atoms with Crippen LogP contribution in [0.1, 0.15) is 18.4 Å². The predicted molar refractivity (Wildman–Crippen MR) is 102 cm³/mol. The van der Waals surface area contributed by atoms with Crippen LogP contribution in [0.3, 0.4) is 0 Å². The Kier molecular flexibility index (Phi) is 5.88. The molecule has 0 bridgehead atoms. The van der Waals surface area contributed by atoms with E-state index in [9.17, 15) is 24.1 Å². The van der Waals surface area contributed by atoms with Gasteiger partial charge in [0.25, 0.3) is 5.69 Å². The summed E-state index contributed by atoms with van der Waals surface area (Å²) in [7, 11) is 0. The summed E-state index contributed by atoms with van der Waals surface area (Å²) in [6.07, 6.45) is 0.472. The van der Waals surface area contributed by atoms with Gasteiger partial charge in [-0.2, -0.15) is 0 Å². The normalized spacial score (nSPS) is 10.9. The number of hydrogen-bond acceptors (Lipinski definition) is 5. The van der Waals surface area contributed by atoms with Crippen molar-refractivity contribution in [1.29, 1.82) is 0 Å². The molecule has 1 N–H and O–H groups in total. The molecule has 1 aromatic heterocycles. The number of rotatable bonds is 7. The van der Waals surface area contributed by atoms with E-state index in [1.165, 1.54) is 28.8 Å². The zero-order valence-corrected chi connectivity index (χ0v) is 16.1. The van der Waals surface area contributed by atoms with E-state index in [1.54, 1.807) is 12.1 Å². The molecule has 0 fully saturated rings. The fourth-order valence-corrected chi connectivity index (χ4v) is 3.15. The number of carbonyl (C=O) groups is 1. The van der Waals surface area contributed by atoms with Crippen LogP contribution in [-0.4, -0.2) is 15.4 Å². The van der Waals surface area contributed by atoms with Gasteiger partial charge in [-0.1, -0.05) is 15.9 Å². The molecule has 2 aromatic carbocycles. The first-order valence-corrected chi connectivity index (χ1v) is 9.13. The van der Waals surface area contributed by atoms with Crippen LogP contribution in [0.4, 0.5) is 10.1 Å². The van der Waals surface area contributed by atoms with E-state index in [2.05, 4.69) is 21.2 Å². The number of nitro benzene ring substituents is 1. The minimum absolute atomic E-state index is 0.0579. The Morgan fingerprint density at radius 2 is 2.07 bits per heavy atom. The third kappa shape index (κ3) is 4.45. The Labute approximate surface area is 166 Å². The summed E-state index contributed by atoms with van der Waals surface area (Å²) in [6, 6.07) is 8.38. The first kappa shape index (κ1) is 19.7. The molecule has 0 spiro atoms. The second-order valence-electron chi connectivity index (χ2n) is 6.04. The third-order valence-electron chi connectivity index (χ3n) is 4.13. The van der Waals surface area contributed by atoms with Crippen molar-refractivity contribution >= 4 is 38.6 Å². The van der Waals surface area contributed by atoms with Crippen molar-refractivity contribution in [3.05, 3.63) is 72.9 Å². The molecule has 0 atom stereocenters. The minimum Gasteiger partial charge on any atom is -0.407 e. The summed E-state index contributed by atoms with van der Waals surface area (Å²) in [6.45, 7) is 0.269. The number of benzene rings is 2. The van der Waals surface area contributed by atoms with Crippen LogP contribution >= 0.6 is 15.9 Å². The van der Waals surface area contributed by atoms with E-state index in [1.807, 2.05) is 0 Å². The molecule has 0 radical (unpaired) electrons. The average Bonchev–Trinajstić information content (AvgIpc) is 2.97. The molecule has 8 nitrogen and oxygen atoms in total. The van der Waals surface area contributed by atoms with Gasteiger partial charge < -0.3 is 9.73 Å². The van der Waals surface area contributed by atoms with Gasteiger partial charge in [0.2, 0.25) is 5.91 Å². The van der Waals surface area contributed by atoms with Crippen LogP contribution in [0.2, 0.25) is 0 Å². The monoisotopic (exact) mass is 451 g/mol. The molecule has 10 heteroatoms. The van der Waals surface area contributed by atoms with Crippen LogP contribution < -0.4 is 11.1 Å². The molecular weight excluding hydrogens is 437 g/mol. The van der Waals surface area contributed by atoms with Crippen molar-refractivity contribution in [2.45, 2.75) is 25.9 Å². The fourth-order valence-electron chi connectivity index (χ4n) is 2.74. The Morgan fingerprint density at radius 1 is 1.29 bits per heavy atom. The number of non-ortho nitro benzene ring substituents is 1. The van der Waals surface area contributed by atoms with Gasteiger partial charge in [0.05, 0.1) is 16.5 Å². The molecule has 28 heavy (non-hydrogen) atoms. The predicted octanol–water partition coefficient (Wildman–Crippen LogP) is 3.50. The summed E-state index contributed by atoms with van der Waals surface area (Å²) in [5.41, 5.74) is 0.731. The summed E-state index contributed by atoms with van der Waals surface area (Å²) in [4.78, 5) is 34.2. The largest absolute Gasteiger partial charge is 0.419 e. The van der Waals surface area contributed by atoms with E-state index in [0.29, 0.717) is 22.0 Å². The molecule has 0 aliphatic rings. The lowest BCUT2D eigenvalue weighted by molar-refractivity contribution is -0.384. The van der Waals surface area contributed by atoms with Crippen molar-refractivity contribution in [2.24, 2.45) is 0 Å². The van der Waals surface area contributed by atoms with E-state index in [0.717, 1.165) is 0 Å². The number of oxazole rings is 1. The van der Waals surface area contributed by atoms with Gasteiger partial charge in [-0.25, -0.2) is 9.18 Å². The molecule has 0 saturated heterocycles. The molecule has 146 valence electrons. The first-order valence-electron chi connectivity index (χ1n) is 8.33. The van der Waals surface area contributed by atoms with Gasteiger partial charge in [-0.15, -0.1) is 0 Å². The molecular formula is C18H15BrFN3O5. The summed E-state index contributed by atoms with van der Waals surface area (Å²) in [5, 5.41) is 13.4. The van der Waals surface area contributed by atoms with Crippen molar-refractivity contribution < 1.29 is 18.5 Å². The number of nitrogens with one attached hydrogen (secondary N) is 1. The lowest BCUT2D eigenvalue weighted by atomic mass is 10.2. The first-order chi connectivity index (χ1) is 13.3. The Hall–Kier alpha value is -3.01. The molecule has 0 unspecified atom stereocenters. The zero-order valence-electron chi connectivity index (χ0n) is 14.5. The second kappa shape index (κ2) is 8.34. The number of amides is 1. The van der Waals surface area contributed by atoms with Gasteiger partial charge in [-0.3, -0.25) is 19.5 Å². The smallest absolute Gasteiger partial charge is 0.407 e. The minimum atomic E-state index is -0.646. The van der Waals surface area contributed by atoms with Crippen LogP contribution in [0.5, 0.6) is 0 Å². The van der Waals surface area contributed by atoms with Gasteiger partial charge in [0.15, 0.2) is 5.58 Å². The number of carbonyl (C=O) groups excluding carboxylic acids is 1. The number of nitro groups is 1. The second-order valence-corrected chi connectivity index (χ2v) is 6.96. The average molecular weight is 452 g/mol. The highest BCUT2D eigenvalue weighted by molar-refractivity contribution is 9.10. The van der Waals surface area contributed by atoms with Gasteiger partial charge in [0.1, 0.15) is 5.82 Å². The van der Waals surface area contributed by atoms with E-state index < -0.39 is 16.5 Å². The zero-order chi connectivity index (χ0) is 20.3. The fraction of sp³-hybridized carbons (Fsp3) is 0.222. The standard InChI is InChI=1S/C18H15BrFN3O5/c19-12-3-5-14(20)11(8-12)10-21-17(24)2-1-7-22-15-6-4-13(23(26)27)9-16(15)28-18(22)25/h3-6,8-9H,1-2,7,10H2,(H,21,24). The topological polar surface area (TPSA) is 107 Å². The third-order valence-corrected chi connectivity index (χ3v) is 4.63. The molecule has 1 heterocycles. The Balaban J connectivity index is 1.58. The van der Waals surface area contributed by atoms with Crippen molar-refractivity contribution in [3.63, 3.8) is 0 Å². The van der Waals surface area contributed by atoms with Gasteiger partial charge >= 0.3 is 5.76 Å². The van der Waals surface area contributed by atoms with Crippen molar-refractivity contribution in [1.82, 2.24) is 9.88 Å². The van der Waals surface area contributed by atoms with E-state index in [-0.39, 0.29) is 36.7 Å². The Morgan fingerprint density at radius 3 is 2.82 bits per heavy atom. The lowest BCUT2D eigenvalue weighted by Gasteiger charge is -2.07. The highest BCUT2D eigenvalue weighted by Crippen LogP contribution is 2.20. The number of halogens is 2. The molecule has 0 saturated carbocycles. The van der Waals surface area contributed by atoms with Gasteiger partial charge in [0, 0.05) is 35.6 Å². The number of aromatic nitrogens is 1. The lowest BCUT2D eigenvalue weighted by Crippen LogP contribution is -2.24. The highest BCUT2D eigenvalue weighted by Gasteiger charge is 2.14. The summed E-state index contributed by atoms with van der Waals surface area (Å²) >= 11 is 3.25. The molecule has 0 aliphatic carbocycles. The maximum absolute atomic E-state index is 13.7. The molecule has 3 rings (SSSR count). The van der Waals surface area contributed by atoms with Crippen LogP contribution in [0.15, 0.2) is 50.1 Å². The van der Waals surface area contributed by atoms with E-state index >= 15 is 0 Å². The Bertz CT molecular complexity index is 1110. The number of aryl methyl sites for hydroxylation is 1. The summed E-state index contributed by atoms with van der Waals surface area (Å²) < 4.78 is 20.7. The number of nitrogens with zero attached hydrogens (tertiary/aromatic N) is 2. The highest BCUT2D eigenvalue weighted by atomic mass is 79.9. The number of fused-ring (bicyclic) bond motifs is 1. The van der Waals surface area contributed by atoms with Gasteiger partial charge in [-0.05, 0) is 30.7 Å². The number of hydrogen-bond donors (Lipinski definition) is 1. The SMILES string of the molecule is O=C(CCCn1c(=O)oc2cc([N+](=O)[O-])ccc21)NCc1cc(Br)ccc1F.